The first-order chi connectivity index (χ1) is 20.8. The first-order valence-electron chi connectivity index (χ1n) is 14.2. The lowest BCUT2D eigenvalue weighted by atomic mass is 10.1. The molecule has 0 bridgehead atoms. The van der Waals surface area contributed by atoms with E-state index in [0.29, 0.717) is 30.2 Å². The number of para-hydroxylation sites is 1. The maximum atomic E-state index is 13.9. The summed E-state index contributed by atoms with van der Waals surface area (Å²) in [5, 5.41) is 2.78. The number of rotatable bonds is 11. The van der Waals surface area contributed by atoms with Gasteiger partial charge in [-0.25, -0.2) is 13.1 Å². The number of sulfonamides is 1. The van der Waals surface area contributed by atoms with Crippen LogP contribution in [0, 0.1) is 0 Å². The van der Waals surface area contributed by atoms with Gasteiger partial charge in [0.15, 0.2) is 6.61 Å². The third-order valence-corrected chi connectivity index (χ3v) is 8.91. The van der Waals surface area contributed by atoms with E-state index in [1.165, 1.54) is 6.07 Å². The molecule has 4 aromatic carbocycles. The average molecular weight is 601 g/mol. The van der Waals surface area contributed by atoms with Gasteiger partial charge in [0.1, 0.15) is 16.4 Å². The number of anilines is 3. The predicted octanol–water partition coefficient (Wildman–Crippen LogP) is 5.08. The molecule has 0 saturated carbocycles. The summed E-state index contributed by atoms with van der Waals surface area (Å²) in [4.78, 5) is 17.1. The number of methoxy groups -OCH3 is 1. The van der Waals surface area contributed by atoms with Gasteiger partial charge in [0.05, 0.1) is 12.8 Å². The molecule has 0 unspecified atom stereocenters. The Kier molecular flexibility index (Phi) is 9.48. The van der Waals surface area contributed by atoms with E-state index < -0.39 is 22.0 Å². The van der Waals surface area contributed by atoms with Crippen LogP contribution in [0.3, 0.4) is 0 Å². The number of piperazine rings is 1. The summed E-state index contributed by atoms with van der Waals surface area (Å²) in [7, 11) is -2.33. The van der Waals surface area contributed by atoms with E-state index in [4.69, 9.17) is 9.47 Å². The average Bonchev–Trinajstić information content (AvgIpc) is 3.04. The highest BCUT2D eigenvalue weighted by Gasteiger charge is 2.27. The van der Waals surface area contributed by atoms with Crippen LogP contribution in [0.5, 0.6) is 11.5 Å². The second kappa shape index (κ2) is 13.6. The molecule has 43 heavy (non-hydrogen) atoms. The maximum absolute atomic E-state index is 13.9. The molecule has 9 nitrogen and oxygen atoms in total. The number of benzene rings is 4. The van der Waals surface area contributed by atoms with Crippen molar-refractivity contribution in [1.82, 2.24) is 4.72 Å². The first-order valence-corrected chi connectivity index (χ1v) is 15.6. The van der Waals surface area contributed by atoms with Gasteiger partial charge < -0.3 is 24.6 Å². The summed E-state index contributed by atoms with van der Waals surface area (Å²) in [5.41, 5.74) is 2.89. The monoisotopic (exact) mass is 600 g/mol. The molecular formula is C33H36N4O5S. The van der Waals surface area contributed by atoms with Crippen molar-refractivity contribution in [3.63, 3.8) is 0 Å². The van der Waals surface area contributed by atoms with E-state index in [1.54, 1.807) is 31.4 Å². The SMILES string of the molecule is COc1ccc(N2CCN(c3ccc(NC(=O)COc4ccccc4)cc3S(=O)(=O)N[C@H](C)c3ccccc3)CC2)cc1. The minimum atomic E-state index is -3.98. The number of ether oxygens (including phenoxy) is 2. The zero-order chi connectivity index (χ0) is 30.2. The van der Waals surface area contributed by atoms with Crippen molar-refractivity contribution in [2.75, 3.05) is 55.0 Å². The van der Waals surface area contributed by atoms with Gasteiger partial charge in [0.25, 0.3) is 5.91 Å². The second-order valence-corrected chi connectivity index (χ2v) is 11.9. The molecule has 1 aliphatic heterocycles. The minimum Gasteiger partial charge on any atom is -0.497 e. The molecule has 1 heterocycles. The lowest BCUT2D eigenvalue weighted by Gasteiger charge is -2.38. The molecule has 0 aromatic heterocycles. The standard InChI is InChI=1S/C33H36N4O5S/c1-25(26-9-5-3-6-10-26)35-43(39,40)32-23-27(34-33(38)24-42-30-11-7-4-8-12-30)13-18-31(32)37-21-19-36(20-22-37)28-14-16-29(41-2)17-15-28/h3-18,23,25,35H,19-22,24H2,1-2H3,(H,34,38)/t25-/m1/s1. The summed E-state index contributed by atoms with van der Waals surface area (Å²) in [5.74, 6) is 0.982. The summed E-state index contributed by atoms with van der Waals surface area (Å²) in [6.07, 6.45) is 0. The normalized spacial score (nSPS) is 14.2. The molecule has 1 fully saturated rings. The number of hydrogen-bond donors (Lipinski definition) is 2. The van der Waals surface area contributed by atoms with Crippen molar-refractivity contribution in [1.29, 1.82) is 0 Å². The molecule has 1 atom stereocenters. The van der Waals surface area contributed by atoms with Gasteiger partial charge in [-0.3, -0.25) is 4.79 Å². The Morgan fingerprint density at radius 2 is 1.44 bits per heavy atom. The van der Waals surface area contributed by atoms with Crippen LogP contribution in [-0.4, -0.2) is 54.2 Å². The molecule has 0 radical (unpaired) electrons. The first kappa shape index (κ1) is 29.9. The van der Waals surface area contributed by atoms with Crippen LogP contribution in [0.4, 0.5) is 17.1 Å². The van der Waals surface area contributed by atoms with E-state index in [2.05, 4.69) is 19.8 Å². The van der Waals surface area contributed by atoms with Crippen LogP contribution < -0.4 is 29.3 Å². The highest BCUT2D eigenvalue weighted by molar-refractivity contribution is 7.89. The predicted molar refractivity (Wildman–Crippen MR) is 170 cm³/mol. The van der Waals surface area contributed by atoms with Gasteiger partial charge in [-0.1, -0.05) is 48.5 Å². The van der Waals surface area contributed by atoms with Crippen molar-refractivity contribution >= 4 is 33.0 Å². The third kappa shape index (κ3) is 7.65. The molecule has 1 saturated heterocycles. The van der Waals surface area contributed by atoms with Gasteiger partial charge in [0.2, 0.25) is 10.0 Å². The number of amides is 1. The minimum absolute atomic E-state index is 0.106. The lowest BCUT2D eigenvalue weighted by molar-refractivity contribution is -0.118. The number of carbonyl (C=O) groups excluding carboxylic acids is 1. The molecule has 1 aliphatic rings. The molecule has 4 aromatic rings. The lowest BCUT2D eigenvalue weighted by Crippen LogP contribution is -2.47. The van der Waals surface area contributed by atoms with Gasteiger partial charge in [0, 0.05) is 43.6 Å². The maximum Gasteiger partial charge on any atom is 0.262 e. The van der Waals surface area contributed by atoms with Crippen molar-refractivity contribution in [2.24, 2.45) is 0 Å². The number of nitrogens with one attached hydrogen (secondary N) is 2. The molecule has 5 rings (SSSR count). The highest BCUT2D eigenvalue weighted by atomic mass is 32.2. The van der Waals surface area contributed by atoms with Crippen LogP contribution in [0.25, 0.3) is 0 Å². The van der Waals surface area contributed by atoms with Crippen molar-refractivity contribution < 1.29 is 22.7 Å². The van der Waals surface area contributed by atoms with Gasteiger partial charge >= 0.3 is 0 Å². The van der Waals surface area contributed by atoms with Crippen LogP contribution in [0.1, 0.15) is 18.5 Å². The zero-order valence-corrected chi connectivity index (χ0v) is 25.1. The highest BCUT2D eigenvalue weighted by Crippen LogP contribution is 2.31. The number of nitrogens with zero attached hydrogens (tertiary/aromatic N) is 2. The largest absolute Gasteiger partial charge is 0.497 e. The van der Waals surface area contributed by atoms with E-state index in [1.807, 2.05) is 79.7 Å². The van der Waals surface area contributed by atoms with E-state index in [-0.39, 0.29) is 11.5 Å². The Morgan fingerprint density at radius 3 is 2.09 bits per heavy atom. The Hall–Kier alpha value is -4.54. The fourth-order valence-electron chi connectivity index (χ4n) is 5.04. The Morgan fingerprint density at radius 1 is 0.814 bits per heavy atom. The Labute approximate surface area is 253 Å². The zero-order valence-electron chi connectivity index (χ0n) is 24.3. The third-order valence-electron chi connectivity index (χ3n) is 7.34. The molecule has 0 aliphatic carbocycles. The fourth-order valence-corrected chi connectivity index (χ4v) is 6.52. The Bertz CT molecular complexity index is 1610. The van der Waals surface area contributed by atoms with Gasteiger partial charge in [-0.05, 0) is 67.1 Å². The summed E-state index contributed by atoms with van der Waals surface area (Å²) in [6.45, 7) is 4.29. The molecule has 1 amide bonds. The quantitative estimate of drug-likeness (QED) is 0.248. The number of hydrogen-bond acceptors (Lipinski definition) is 7. The number of carbonyl (C=O) groups is 1. The summed E-state index contributed by atoms with van der Waals surface area (Å²) >= 11 is 0. The fraction of sp³-hybridized carbons (Fsp3) is 0.242. The van der Waals surface area contributed by atoms with E-state index in [9.17, 15) is 13.2 Å². The molecule has 0 spiro atoms. The van der Waals surface area contributed by atoms with Crippen LogP contribution >= 0.6 is 0 Å². The molecular weight excluding hydrogens is 564 g/mol. The van der Waals surface area contributed by atoms with Crippen molar-refractivity contribution in [3.05, 3.63) is 109 Å². The topological polar surface area (TPSA) is 100 Å². The van der Waals surface area contributed by atoms with E-state index in [0.717, 1.165) is 30.1 Å². The molecule has 224 valence electrons. The molecule has 2 N–H and O–H groups in total. The van der Waals surface area contributed by atoms with E-state index >= 15 is 0 Å². The Balaban J connectivity index is 1.36. The van der Waals surface area contributed by atoms with Gasteiger partial charge in [-0.2, -0.15) is 0 Å². The van der Waals surface area contributed by atoms with Gasteiger partial charge in [-0.15, -0.1) is 0 Å². The summed E-state index contributed by atoms with van der Waals surface area (Å²) in [6, 6.07) is 30.9. The van der Waals surface area contributed by atoms with Crippen molar-refractivity contribution in [3.8, 4) is 11.5 Å². The van der Waals surface area contributed by atoms with Crippen LogP contribution in [0.2, 0.25) is 0 Å². The van der Waals surface area contributed by atoms with Crippen molar-refractivity contribution in [2.45, 2.75) is 17.9 Å². The summed E-state index contributed by atoms with van der Waals surface area (Å²) < 4.78 is 41.4. The smallest absolute Gasteiger partial charge is 0.262 e. The van der Waals surface area contributed by atoms with Crippen LogP contribution in [0.15, 0.2) is 108 Å². The second-order valence-electron chi connectivity index (χ2n) is 10.3. The van der Waals surface area contributed by atoms with Crippen LogP contribution in [-0.2, 0) is 14.8 Å². The molecule has 10 heteroatoms.